The molecule has 0 aliphatic carbocycles. The number of benzene rings is 2. The summed E-state index contributed by atoms with van der Waals surface area (Å²) in [5.74, 6) is 0.394. The van der Waals surface area contributed by atoms with E-state index in [1.165, 1.54) is 0 Å². The Kier molecular flexibility index (Phi) is 6.64. The molecule has 27 heavy (non-hydrogen) atoms. The lowest BCUT2D eigenvalue weighted by molar-refractivity contribution is -0.133. The van der Waals surface area contributed by atoms with E-state index in [1.54, 1.807) is 0 Å². The van der Waals surface area contributed by atoms with E-state index in [1.807, 2.05) is 53.1 Å². The van der Waals surface area contributed by atoms with Crippen LogP contribution in [0.4, 0.5) is 0 Å². The summed E-state index contributed by atoms with van der Waals surface area (Å²) in [5, 5.41) is 0. The van der Waals surface area contributed by atoms with Crippen molar-refractivity contribution in [3.05, 3.63) is 71.8 Å². The van der Waals surface area contributed by atoms with Crippen molar-refractivity contribution in [1.29, 1.82) is 0 Å². The van der Waals surface area contributed by atoms with Gasteiger partial charge < -0.3 is 9.80 Å². The number of carbonyl (C=O) groups is 2. The Hall–Kier alpha value is -2.62. The van der Waals surface area contributed by atoms with Crippen LogP contribution in [0.1, 0.15) is 43.2 Å². The Balaban J connectivity index is 1.72. The molecule has 0 saturated carbocycles. The van der Waals surface area contributed by atoms with E-state index in [9.17, 15) is 9.59 Å². The molecule has 0 N–H and O–H groups in total. The van der Waals surface area contributed by atoms with Gasteiger partial charge in [-0.25, -0.2) is 0 Å². The summed E-state index contributed by atoms with van der Waals surface area (Å²) < 4.78 is 0. The molecule has 2 amide bonds. The Morgan fingerprint density at radius 2 is 1.26 bits per heavy atom. The fourth-order valence-corrected chi connectivity index (χ4v) is 3.74. The van der Waals surface area contributed by atoms with Gasteiger partial charge in [0.25, 0.3) is 0 Å². The number of amides is 2. The van der Waals surface area contributed by atoms with Crippen LogP contribution in [-0.2, 0) is 9.59 Å². The molecule has 2 aromatic carbocycles. The van der Waals surface area contributed by atoms with Gasteiger partial charge >= 0.3 is 0 Å². The summed E-state index contributed by atoms with van der Waals surface area (Å²) in [6.45, 7) is 4.63. The molecule has 0 spiro atoms. The zero-order valence-electron chi connectivity index (χ0n) is 16.0. The van der Waals surface area contributed by atoms with Gasteiger partial charge in [0.05, 0.1) is 0 Å². The number of carbonyl (C=O) groups excluding carboxylic acids is 2. The molecule has 1 fully saturated rings. The van der Waals surface area contributed by atoms with Crippen molar-refractivity contribution < 1.29 is 9.59 Å². The number of nitrogens with zero attached hydrogens (tertiary/aromatic N) is 2. The van der Waals surface area contributed by atoms with Crippen molar-refractivity contribution in [3.63, 3.8) is 0 Å². The molecule has 4 nitrogen and oxygen atoms in total. The highest BCUT2D eigenvalue weighted by Crippen LogP contribution is 2.28. The molecule has 1 heterocycles. The standard InChI is InChI=1S/C23H28N2O2/c1-2-22(26)24-14-9-15-25(17-16-24)23(27)18-21(19-10-5-3-6-11-19)20-12-7-4-8-13-20/h3-8,10-13,21H,2,9,14-18H2,1H3. The third-order valence-electron chi connectivity index (χ3n) is 5.29. The molecular weight excluding hydrogens is 336 g/mol. The number of hydrogen-bond donors (Lipinski definition) is 0. The average molecular weight is 364 g/mol. The van der Waals surface area contributed by atoms with Gasteiger partial charge in [-0.1, -0.05) is 67.6 Å². The normalized spacial score (nSPS) is 14.9. The Morgan fingerprint density at radius 1 is 0.778 bits per heavy atom. The lowest BCUT2D eigenvalue weighted by Crippen LogP contribution is -2.37. The van der Waals surface area contributed by atoms with Crippen molar-refractivity contribution in [2.45, 2.75) is 32.1 Å². The Labute approximate surface area is 161 Å². The molecule has 1 aliphatic heterocycles. The van der Waals surface area contributed by atoms with Crippen LogP contribution in [0.15, 0.2) is 60.7 Å². The lowest BCUT2D eigenvalue weighted by atomic mass is 9.88. The van der Waals surface area contributed by atoms with Crippen molar-refractivity contribution in [3.8, 4) is 0 Å². The van der Waals surface area contributed by atoms with Gasteiger partial charge in [0, 0.05) is 44.9 Å². The first-order valence-electron chi connectivity index (χ1n) is 9.84. The summed E-state index contributed by atoms with van der Waals surface area (Å²) in [6.07, 6.45) is 1.83. The van der Waals surface area contributed by atoms with Crippen molar-refractivity contribution in [1.82, 2.24) is 9.80 Å². The van der Waals surface area contributed by atoms with Gasteiger partial charge in [0.15, 0.2) is 0 Å². The highest BCUT2D eigenvalue weighted by molar-refractivity contribution is 5.78. The molecule has 1 aliphatic rings. The van der Waals surface area contributed by atoms with Crippen LogP contribution in [-0.4, -0.2) is 47.8 Å². The van der Waals surface area contributed by atoms with Crippen LogP contribution in [0.25, 0.3) is 0 Å². The van der Waals surface area contributed by atoms with Crippen LogP contribution in [0.5, 0.6) is 0 Å². The average Bonchev–Trinajstić information content (AvgIpc) is 2.99. The van der Waals surface area contributed by atoms with Crippen LogP contribution < -0.4 is 0 Å². The maximum atomic E-state index is 13.1. The van der Waals surface area contributed by atoms with Gasteiger partial charge in [-0.3, -0.25) is 9.59 Å². The fourth-order valence-electron chi connectivity index (χ4n) is 3.74. The van der Waals surface area contributed by atoms with Crippen LogP contribution in [0.3, 0.4) is 0 Å². The zero-order valence-corrected chi connectivity index (χ0v) is 16.0. The van der Waals surface area contributed by atoms with Crippen molar-refractivity contribution in [2.24, 2.45) is 0 Å². The lowest BCUT2D eigenvalue weighted by Gasteiger charge is -2.25. The molecule has 0 radical (unpaired) electrons. The minimum absolute atomic E-state index is 0.0523. The molecule has 0 unspecified atom stereocenters. The number of hydrogen-bond acceptors (Lipinski definition) is 2. The minimum Gasteiger partial charge on any atom is -0.341 e. The monoisotopic (exact) mass is 364 g/mol. The van der Waals surface area contributed by atoms with Crippen LogP contribution in [0.2, 0.25) is 0 Å². The summed E-state index contributed by atoms with van der Waals surface area (Å²) in [4.78, 5) is 28.9. The van der Waals surface area contributed by atoms with E-state index in [-0.39, 0.29) is 17.7 Å². The van der Waals surface area contributed by atoms with Gasteiger partial charge in [0.1, 0.15) is 0 Å². The van der Waals surface area contributed by atoms with E-state index < -0.39 is 0 Å². The van der Waals surface area contributed by atoms with Crippen LogP contribution in [0, 0.1) is 0 Å². The predicted molar refractivity (Wildman–Crippen MR) is 107 cm³/mol. The van der Waals surface area contributed by atoms with Gasteiger partial charge in [-0.2, -0.15) is 0 Å². The third kappa shape index (κ3) is 4.97. The fraction of sp³-hybridized carbons (Fsp3) is 0.391. The van der Waals surface area contributed by atoms with Gasteiger partial charge in [0.2, 0.25) is 11.8 Å². The summed E-state index contributed by atoms with van der Waals surface area (Å²) >= 11 is 0. The van der Waals surface area contributed by atoms with Gasteiger partial charge in [-0.15, -0.1) is 0 Å². The molecule has 3 rings (SSSR count). The van der Waals surface area contributed by atoms with Gasteiger partial charge in [-0.05, 0) is 17.5 Å². The topological polar surface area (TPSA) is 40.6 Å². The molecule has 1 saturated heterocycles. The molecule has 2 aromatic rings. The summed E-state index contributed by atoms with van der Waals surface area (Å²) in [6, 6.07) is 20.5. The second-order valence-corrected chi connectivity index (χ2v) is 7.05. The first-order valence-corrected chi connectivity index (χ1v) is 9.84. The quantitative estimate of drug-likeness (QED) is 0.812. The zero-order chi connectivity index (χ0) is 19.1. The van der Waals surface area contributed by atoms with E-state index >= 15 is 0 Å². The maximum absolute atomic E-state index is 13.1. The summed E-state index contributed by atoms with van der Waals surface area (Å²) in [5.41, 5.74) is 2.32. The van der Waals surface area contributed by atoms with Crippen molar-refractivity contribution in [2.75, 3.05) is 26.2 Å². The molecule has 4 heteroatoms. The number of rotatable bonds is 5. The maximum Gasteiger partial charge on any atom is 0.223 e. The SMILES string of the molecule is CCC(=O)N1CCCN(C(=O)CC(c2ccccc2)c2ccccc2)CC1. The van der Waals surface area contributed by atoms with E-state index in [4.69, 9.17) is 0 Å². The smallest absolute Gasteiger partial charge is 0.223 e. The molecule has 142 valence electrons. The molecular formula is C23H28N2O2. The first-order chi connectivity index (χ1) is 13.2. The van der Waals surface area contributed by atoms with E-state index in [0.29, 0.717) is 25.9 Å². The Bertz CT molecular complexity index is 706. The predicted octanol–water partition coefficient (Wildman–Crippen LogP) is 3.68. The third-order valence-corrected chi connectivity index (χ3v) is 5.29. The minimum atomic E-state index is 0.0523. The summed E-state index contributed by atoms with van der Waals surface area (Å²) in [7, 11) is 0. The second-order valence-electron chi connectivity index (χ2n) is 7.05. The highest BCUT2D eigenvalue weighted by Gasteiger charge is 2.25. The highest BCUT2D eigenvalue weighted by atomic mass is 16.2. The van der Waals surface area contributed by atoms with E-state index in [0.717, 1.165) is 30.6 Å². The Morgan fingerprint density at radius 3 is 1.74 bits per heavy atom. The van der Waals surface area contributed by atoms with Crippen LogP contribution >= 0.6 is 0 Å². The van der Waals surface area contributed by atoms with Crippen molar-refractivity contribution >= 4 is 11.8 Å². The molecule has 0 bridgehead atoms. The largest absolute Gasteiger partial charge is 0.341 e. The first kappa shape index (κ1) is 19.2. The molecule has 0 aromatic heterocycles. The molecule has 0 atom stereocenters. The second kappa shape index (κ2) is 9.36. The van der Waals surface area contributed by atoms with E-state index in [2.05, 4.69) is 24.3 Å².